The van der Waals surface area contributed by atoms with Gasteiger partial charge in [-0.1, -0.05) is 24.1 Å². The van der Waals surface area contributed by atoms with E-state index in [0.29, 0.717) is 18.7 Å². The first-order valence-electron chi connectivity index (χ1n) is 5.74. The number of carbonyl (C=O) groups excluding carboxylic acids is 1. The number of nitrogens with zero attached hydrogens (tertiary/aromatic N) is 1. The molecule has 18 heavy (non-hydrogen) atoms. The molecular weight excluding hydrogens is 256 g/mol. The van der Waals surface area contributed by atoms with Crippen LogP contribution in [0, 0.1) is 11.8 Å². The molecule has 1 fully saturated rings. The van der Waals surface area contributed by atoms with Gasteiger partial charge in [0.1, 0.15) is 11.0 Å². The van der Waals surface area contributed by atoms with Gasteiger partial charge in [-0.25, -0.2) is 4.98 Å². The fourth-order valence-electron chi connectivity index (χ4n) is 2.27. The van der Waals surface area contributed by atoms with E-state index in [0.717, 1.165) is 6.42 Å². The first kappa shape index (κ1) is 12.8. The summed E-state index contributed by atoms with van der Waals surface area (Å²) in [6.07, 6.45) is 1.91. The summed E-state index contributed by atoms with van der Waals surface area (Å²) in [5, 5.41) is 11.9. The van der Waals surface area contributed by atoms with E-state index < -0.39 is 17.8 Å². The monoisotopic (exact) mass is 268 g/mol. The van der Waals surface area contributed by atoms with Gasteiger partial charge in [0.25, 0.3) is 0 Å². The zero-order valence-corrected chi connectivity index (χ0v) is 10.4. The van der Waals surface area contributed by atoms with Gasteiger partial charge in [-0.2, -0.15) is 0 Å². The lowest BCUT2D eigenvalue weighted by Gasteiger charge is -2.15. The summed E-state index contributed by atoms with van der Waals surface area (Å²) < 4.78 is 0. The number of carbonyl (C=O) groups is 2. The number of carboxylic acids is 1. The van der Waals surface area contributed by atoms with Crippen molar-refractivity contribution in [1.82, 2.24) is 4.98 Å². The molecule has 0 saturated heterocycles. The van der Waals surface area contributed by atoms with Crippen molar-refractivity contribution < 1.29 is 14.7 Å². The number of rotatable bonds is 3. The Morgan fingerprint density at radius 1 is 1.33 bits per heavy atom. The Kier molecular flexibility index (Phi) is 3.81. The lowest BCUT2D eigenvalue weighted by molar-refractivity contribution is -0.145. The van der Waals surface area contributed by atoms with E-state index >= 15 is 0 Å². The molecule has 0 spiro atoms. The molecule has 0 radical (unpaired) electrons. The van der Waals surface area contributed by atoms with Crippen molar-refractivity contribution in [2.45, 2.75) is 19.3 Å². The van der Waals surface area contributed by atoms with E-state index in [1.54, 1.807) is 18.2 Å². The smallest absolute Gasteiger partial charge is 0.307 e. The molecule has 1 amide bonds. The Morgan fingerprint density at radius 3 is 2.72 bits per heavy atom. The van der Waals surface area contributed by atoms with Gasteiger partial charge in [-0.05, 0) is 25.0 Å². The summed E-state index contributed by atoms with van der Waals surface area (Å²) in [6.45, 7) is 0. The number of aromatic nitrogens is 1. The van der Waals surface area contributed by atoms with Crippen LogP contribution in [0.15, 0.2) is 18.2 Å². The molecule has 1 aromatic rings. The fourth-order valence-corrected chi connectivity index (χ4v) is 2.43. The maximum Gasteiger partial charge on any atom is 0.307 e. The lowest BCUT2D eigenvalue weighted by atomic mass is 9.95. The maximum absolute atomic E-state index is 12.0. The third kappa shape index (κ3) is 2.79. The van der Waals surface area contributed by atoms with E-state index in [-0.39, 0.29) is 11.1 Å². The van der Waals surface area contributed by atoms with Crippen molar-refractivity contribution in [1.29, 1.82) is 0 Å². The molecule has 1 aromatic heterocycles. The Hall–Kier alpha value is -1.62. The van der Waals surface area contributed by atoms with Crippen molar-refractivity contribution in [3.8, 4) is 0 Å². The SMILES string of the molecule is O=C(O)C1CCCC1C(=O)Nc1cccc(Cl)n1. The molecule has 0 aliphatic heterocycles. The molecule has 96 valence electrons. The van der Waals surface area contributed by atoms with Crippen LogP contribution < -0.4 is 5.32 Å². The van der Waals surface area contributed by atoms with Crippen molar-refractivity contribution in [2.24, 2.45) is 11.8 Å². The van der Waals surface area contributed by atoms with Crippen molar-refractivity contribution in [3.05, 3.63) is 23.4 Å². The van der Waals surface area contributed by atoms with Gasteiger partial charge in [-0.15, -0.1) is 0 Å². The standard InChI is InChI=1S/C12H13ClN2O3/c13-9-5-2-6-10(14-9)15-11(16)7-3-1-4-8(7)12(17)18/h2,5-8H,1,3-4H2,(H,17,18)(H,14,15,16). The zero-order chi connectivity index (χ0) is 13.1. The predicted molar refractivity (Wildman–Crippen MR) is 66.3 cm³/mol. The molecule has 2 rings (SSSR count). The second-order valence-corrected chi connectivity index (χ2v) is 4.70. The normalized spacial score (nSPS) is 22.7. The fraction of sp³-hybridized carbons (Fsp3) is 0.417. The van der Waals surface area contributed by atoms with Crippen LogP contribution in [-0.2, 0) is 9.59 Å². The predicted octanol–water partition coefficient (Wildman–Crippen LogP) is 2.17. The van der Waals surface area contributed by atoms with E-state index in [2.05, 4.69) is 10.3 Å². The summed E-state index contributed by atoms with van der Waals surface area (Å²) in [4.78, 5) is 26.9. The number of halogens is 1. The summed E-state index contributed by atoms with van der Waals surface area (Å²) in [6, 6.07) is 4.90. The lowest BCUT2D eigenvalue weighted by Crippen LogP contribution is -2.30. The Morgan fingerprint density at radius 2 is 2.06 bits per heavy atom. The molecule has 2 N–H and O–H groups in total. The first-order valence-corrected chi connectivity index (χ1v) is 6.12. The summed E-state index contributed by atoms with van der Waals surface area (Å²) in [7, 11) is 0. The Labute approximate surface area is 109 Å². The number of amides is 1. The molecule has 2 atom stereocenters. The molecule has 5 nitrogen and oxygen atoms in total. The highest BCUT2D eigenvalue weighted by atomic mass is 35.5. The number of anilines is 1. The number of aliphatic carboxylic acids is 1. The van der Waals surface area contributed by atoms with Gasteiger partial charge >= 0.3 is 5.97 Å². The second-order valence-electron chi connectivity index (χ2n) is 4.32. The van der Waals surface area contributed by atoms with E-state index in [1.165, 1.54) is 0 Å². The molecular formula is C12H13ClN2O3. The topological polar surface area (TPSA) is 79.3 Å². The summed E-state index contributed by atoms with van der Waals surface area (Å²) >= 11 is 5.71. The largest absolute Gasteiger partial charge is 0.481 e. The van der Waals surface area contributed by atoms with Crippen LogP contribution in [0.1, 0.15) is 19.3 Å². The third-order valence-corrected chi connectivity index (χ3v) is 3.35. The van der Waals surface area contributed by atoms with Gasteiger partial charge in [0.15, 0.2) is 0 Å². The minimum absolute atomic E-state index is 0.286. The van der Waals surface area contributed by atoms with Crippen molar-refractivity contribution >= 4 is 29.3 Å². The van der Waals surface area contributed by atoms with Crippen LogP contribution >= 0.6 is 11.6 Å². The van der Waals surface area contributed by atoms with Gasteiger partial charge < -0.3 is 10.4 Å². The molecule has 6 heteroatoms. The average Bonchev–Trinajstić information content (AvgIpc) is 2.77. The van der Waals surface area contributed by atoms with E-state index in [1.807, 2.05) is 0 Å². The number of carboxylic acid groups (broad SMARTS) is 1. The number of pyridine rings is 1. The van der Waals surface area contributed by atoms with Gasteiger partial charge in [-0.3, -0.25) is 9.59 Å². The molecule has 1 aliphatic carbocycles. The van der Waals surface area contributed by atoms with E-state index in [4.69, 9.17) is 16.7 Å². The highest BCUT2D eigenvalue weighted by Crippen LogP contribution is 2.32. The maximum atomic E-state index is 12.0. The third-order valence-electron chi connectivity index (χ3n) is 3.14. The number of nitrogens with one attached hydrogen (secondary N) is 1. The van der Waals surface area contributed by atoms with Gasteiger partial charge in [0, 0.05) is 0 Å². The minimum atomic E-state index is -0.910. The second kappa shape index (κ2) is 5.35. The molecule has 1 saturated carbocycles. The van der Waals surface area contributed by atoms with Gasteiger partial charge in [0.2, 0.25) is 5.91 Å². The molecule has 0 aromatic carbocycles. The first-order chi connectivity index (χ1) is 8.58. The van der Waals surface area contributed by atoms with Crippen molar-refractivity contribution in [2.75, 3.05) is 5.32 Å². The number of hydrogen-bond acceptors (Lipinski definition) is 3. The quantitative estimate of drug-likeness (QED) is 0.824. The Bertz CT molecular complexity index is 478. The average molecular weight is 269 g/mol. The highest BCUT2D eigenvalue weighted by molar-refractivity contribution is 6.29. The van der Waals surface area contributed by atoms with Crippen LogP contribution in [0.25, 0.3) is 0 Å². The molecule has 0 bridgehead atoms. The van der Waals surface area contributed by atoms with Crippen LogP contribution in [0.5, 0.6) is 0 Å². The Balaban J connectivity index is 2.06. The molecule has 1 aliphatic rings. The van der Waals surface area contributed by atoms with Crippen molar-refractivity contribution in [3.63, 3.8) is 0 Å². The highest BCUT2D eigenvalue weighted by Gasteiger charge is 2.37. The van der Waals surface area contributed by atoms with Gasteiger partial charge in [0.05, 0.1) is 11.8 Å². The molecule has 2 unspecified atom stereocenters. The molecule has 1 heterocycles. The summed E-state index contributed by atoms with van der Waals surface area (Å²) in [5.74, 6) is -1.93. The summed E-state index contributed by atoms with van der Waals surface area (Å²) in [5.41, 5.74) is 0. The number of hydrogen-bond donors (Lipinski definition) is 2. The van der Waals surface area contributed by atoms with E-state index in [9.17, 15) is 9.59 Å². The minimum Gasteiger partial charge on any atom is -0.481 e. The van der Waals surface area contributed by atoms with Crippen LogP contribution in [-0.4, -0.2) is 22.0 Å². The zero-order valence-electron chi connectivity index (χ0n) is 9.60. The van der Waals surface area contributed by atoms with Crippen LogP contribution in [0.3, 0.4) is 0 Å². The van der Waals surface area contributed by atoms with Crippen LogP contribution in [0.2, 0.25) is 5.15 Å². The van der Waals surface area contributed by atoms with Crippen LogP contribution in [0.4, 0.5) is 5.82 Å².